The van der Waals surface area contributed by atoms with Gasteiger partial charge < -0.3 is 4.74 Å². The molecule has 0 atom stereocenters. The summed E-state index contributed by atoms with van der Waals surface area (Å²) in [6.45, 7) is 4.03. The number of hydrogen-bond acceptors (Lipinski definition) is 5. The van der Waals surface area contributed by atoms with E-state index in [1.54, 1.807) is 6.07 Å². The molecule has 1 aliphatic rings. The Hall–Kier alpha value is -0.140. The van der Waals surface area contributed by atoms with Crippen molar-refractivity contribution in [2.75, 3.05) is 26.3 Å². The van der Waals surface area contributed by atoms with Crippen LogP contribution in [0.15, 0.2) is 16.3 Å². The van der Waals surface area contributed by atoms with Gasteiger partial charge in [-0.3, -0.25) is 4.90 Å². The summed E-state index contributed by atoms with van der Waals surface area (Å²) in [5, 5.41) is 0. The maximum absolute atomic E-state index is 11.1. The monoisotopic (exact) mass is 281 g/mol. The Morgan fingerprint density at radius 1 is 1.38 bits per heavy atom. The second-order valence-corrected chi connectivity index (χ2v) is 7.51. The Morgan fingerprint density at radius 2 is 2.06 bits per heavy atom. The van der Waals surface area contributed by atoms with Gasteiger partial charge in [-0.15, -0.1) is 11.3 Å². The van der Waals surface area contributed by atoms with E-state index in [9.17, 15) is 8.42 Å². The molecule has 1 fully saturated rings. The van der Waals surface area contributed by atoms with Gasteiger partial charge in [-0.05, 0) is 12.1 Å². The quantitative estimate of drug-likeness (QED) is 0.788. The highest BCUT2D eigenvalue weighted by Gasteiger charge is 2.16. The summed E-state index contributed by atoms with van der Waals surface area (Å²) in [6, 6.07) is 3.37. The fourth-order valence-electron chi connectivity index (χ4n) is 1.55. The van der Waals surface area contributed by atoms with Crippen LogP contribution in [0, 0.1) is 0 Å². The second-order valence-electron chi connectivity index (χ2n) is 3.55. The number of morpholine rings is 1. The van der Waals surface area contributed by atoms with E-state index in [4.69, 9.17) is 15.4 Å². The van der Waals surface area contributed by atoms with E-state index < -0.39 is 9.05 Å². The molecule has 0 spiro atoms. The summed E-state index contributed by atoms with van der Waals surface area (Å²) in [4.78, 5) is 3.25. The van der Waals surface area contributed by atoms with Crippen LogP contribution in [-0.4, -0.2) is 39.6 Å². The SMILES string of the molecule is O=S(=O)(Cl)c1ccc(CN2CCOCC2)s1. The Kier molecular flexibility index (Phi) is 3.86. The molecule has 0 unspecified atom stereocenters. The fraction of sp³-hybridized carbons (Fsp3) is 0.556. The first-order valence-electron chi connectivity index (χ1n) is 4.89. The minimum Gasteiger partial charge on any atom is -0.379 e. The summed E-state index contributed by atoms with van der Waals surface area (Å²) in [5.74, 6) is 0. The van der Waals surface area contributed by atoms with Gasteiger partial charge in [0.2, 0.25) is 0 Å². The molecule has 2 heterocycles. The lowest BCUT2D eigenvalue weighted by Gasteiger charge is -2.25. The largest absolute Gasteiger partial charge is 0.379 e. The summed E-state index contributed by atoms with van der Waals surface area (Å²) in [5.41, 5.74) is 0. The lowest BCUT2D eigenvalue weighted by Crippen LogP contribution is -2.35. The van der Waals surface area contributed by atoms with E-state index in [2.05, 4.69) is 4.90 Å². The molecule has 0 aliphatic carbocycles. The Morgan fingerprint density at radius 3 is 2.62 bits per heavy atom. The third-order valence-corrected chi connectivity index (χ3v) is 5.52. The molecule has 1 saturated heterocycles. The van der Waals surface area contributed by atoms with Crippen molar-refractivity contribution in [3.63, 3.8) is 0 Å². The van der Waals surface area contributed by atoms with Crippen LogP contribution in [0.2, 0.25) is 0 Å². The van der Waals surface area contributed by atoms with Crippen LogP contribution in [0.3, 0.4) is 0 Å². The number of rotatable bonds is 3. The van der Waals surface area contributed by atoms with Gasteiger partial charge in [0.15, 0.2) is 0 Å². The molecule has 0 saturated carbocycles. The molecule has 90 valence electrons. The summed E-state index contributed by atoms with van der Waals surface area (Å²) in [6.07, 6.45) is 0. The smallest absolute Gasteiger partial charge is 0.270 e. The van der Waals surface area contributed by atoms with Crippen LogP contribution in [-0.2, 0) is 20.3 Å². The van der Waals surface area contributed by atoms with Crippen molar-refractivity contribution in [3.8, 4) is 0 Å². The molecular weight excluding hydrogens is 270 g/mol. The molecule has 7 heteroatoms. The predicted octanol–water partition coefficient (Wildman–Crippen LogP) is 1.51. The zero-order valence-electron chi connectivity index (χ0n) is 8.56. The van der Waals surface area contributed by atoms with Crippen LogP contribution in [0.5, 0.6) is 0 Å². The molecular formula is C9H12ClNO3S2. The summed E-state index contributed by atoms with van der Waals surface area (Å²) < 4.78 is 27.6. The van der Waals surface area contributed by atoms with E-state index in [1.165, 1.54) is 11.3 Å². The molecule has 1 aromatic heterocycles. The Labute approximate surface area is 103 Å². The van der Waals surface area contributed by atoms with Gasteiger partial charge in [-0.2, -0.15) is 0 Å². The third-order valence-electron chi connectivity index (χ3n) is 2.36. The molecule has 0 radical (unpaired) electrons. The van der Waals surface area contributed by atoms with Crippen LogP contribution in [0.25, 0.3) is 0 Å². The minimum atomic E-state index is -3.58. The fourth-order valence-corrected chi connectivity index (χ4v) is 3.72. The zero-order chi connectivity index (χ0) is 11.6. The lowest BCUT2D eigenvalue weighted by atomic mass is 10.4. The summed E-state index contributed by atoms with van der Waals surface area (Å²) >= 11 is 1.23. The average Bonchev–Trinajstić information content (AvgIpc) is 2.67. The molecule has 4 nitrogen and oxygen atoms in total. The number of nitrogens with zero attached hydrogens (tertiary/aromatic N) is 1. The van der Waals surface area contributed by atoms with E-state index in [-0.39, 0.29) is 4.21 Å². The van der Waals surface area contributed by atoms with Gasteiger partial charge in [-0.25, -0.2) is 8.42 Å². The van der Waals surface area contributed by atoms with Crippen molar-refractivity contribution in [1.82, 2.24) is 4.90 Å². The van der Waals surface area contributed by atoms with Gasteiger partial charge in [-0.1, -0.05) is 0 Å². The normalized spacial score (nSPS) is 18.8. The van der Waals surface area contributed by atoms with Crippen molar-refractivity contribution < 1.29 is 13.2 Å². The van der Waals surface area contributed by atoms with Crippen molar-refractivity contribution in [2.24, 2.45) is 0 Å². The Bertz CT molecular complexity index is 451. The molecule has 16 heavy (non-hydrogen) atoms. The molecule has 0 bridgehead atoms. The number of ether oxygens (including phenoxy) is 1. The molecule has 1 aliphatic heterocycles. The topological polar surface area (TPSA) is 46.6 Å². The van der Waals surface area contributed by atoms with Crippen LogP contribution in [0.1, 0.15) is 4.88 Å². The zero-order valence-corrected chi connectivity index (χ0v) is 10.9. The predicted molar refractivity (Wildman–Crippen MR) is 63.5 cm³/mol. The Balaban J connectivity index is 2.02. The molecule has 1 aromatic rings. The van der Waals surface area contributed by atoms with E-state index >= 15 is 0 Å². The molecule has 0 aromatic carbocycles. The van der Waals surface area contributed by atoms with Gasteiger partial charge in [0.05, 0.1) is 13.2 Å². The first-order valence-corrected chi connectivity index (χ1v) is 8.02. The van der Waals surface area contributed by atoms with Gasteiger partial charge in [0.25, 0.3) is 9.05 Å². The van der Waals surface area contributed by atoms with Gasteiger partial charge in [0.1, 0.15) is 4.21 Å². The van der Waals surface area contributed by atoms with Crippen molar-refractivity contribution in [2.45, 2.75) is 10.8 Å². The number of hydrogen-bond donors (Lipinski definition) is 0. The average molecular weight is 282 g/mol. The third kappa shape index (κ3) is 3.18. The minimum absolute atomic E-state index is 0.220. The number of halogens is 1. The van der Waals surface area contributed by atoms with Crippen molar-refractivity contribution in [3.05, 3.63) is 17.0 Å². The van der Waals surface area contributed by atoms with E-state index in [0.29, 0.717) is 0 Å². The van der Waals surface area contributed by atoms with Crippen molar-refractivity contribution in [1.29, 1.82) is 0 Å². The van der Waals surface area contributed by atoms with Crippen molar-refractivity contribution >= 4 is 31.1 Å². The van der Waals surface area contributed by atoms with Gasteiger partial charge in [0, 0.05) is 35.2 Å². The first kappa shape index (κ1) is 12.3. The highest BCUT2D eigenvalue weighted by atomic mass is 35.7. The van der Waals surface area contributed by atoms with Crippen LogP contribution < -0.4 is 0 Å². The molecule has 2 rings (SSSR count). The number of thiophene rings is 1. The highest BCUT2D eigenvalue weighted by molar-refractivity contribution is 8.15. The summed E-state index contributed by atoms with van der Waals surface area (Å²) in [7, 11) is 1.69. The second kappa shape index (κ2) is 5.01. The lowest BCUT2D eigenvalue weighted by molar-refractivity contribution is 0.0346. The molecule has 0 N–H and O–H groups in total. The molecule has 0 amide bonds. The van der Waals surface area contributed by atoms with Crippen LogP contribution in [0.4, 0.5) is 0 Å². The van der Waals surface area contributed by atoms with E-state index in [0.717, 1.165) is 37.7 Å². The maximum atomic E-state index is 11.1. The first-order chi connectivity index (χ1) is 7.55. The highest BCUT2D eigenvalue weighted by Crippen LogP contribution is 2.25. The van der Waals surface area contributed by atoms with E-state index in [1.807, 2.05) is 6.07 Å². The van der Waals surface area contributed by atoms with Crippen LogP contribution >= 0.6 is 22.0 Å². The maximum Gasteiger partial charge on any atom is 0.270 e. The standard InChI is InChI=1S/C9H12ClNO3S2/c10-16(12,13)9-2-1-8(15-9)7-11-3-5-14-6-4-11/h1-2H,3-7H2. The van der Waals surface area contributed by atoms with Gasteiger partial charge >= 0.3 is 0 Å².